The van der Waals surface area contributed by atoms with Crippen molar-refractivity contribution in [1.29, 1.82) is 0 Å². The highest BCUT2D eigenvalue weighted by Gasteiger charge is 2.06. The number of benzene rings is 1. The van der Waals surface area contributed by atoms with E-state index in [-0.39, 0.29) is 5.91 Å². The third-order valence-electron chi connectivity index (χ3n) is 1.88. The zero-order chi connectivity index (χ0) is 11.3. The van der Waals surface area contributed by atoms with E-state index in [9.17, 15) is 4.79 Å². The maximum atomic E-state index is 11.1. The number of thioether (sulfide) groups is 1. The lowest BCUT2D eigenvalue weighted by Crippen LogP contribution is -2.11. The summed E-state index contributed by atoms with van der Waals surface area (Å²) < 4.78 is 0. The predicted molar refractivity (Wildman–Crippen MR) is 65.1 cm³/mol. The zero-order valence-corrected chi connectivity index (χ0v) is 9.80. The average molecular weight is 221 g/mol. The Morgan fingerprint density at radius 2 is 2.07 bits per heavy atom. The third-order valence-corrected chi connectivity index (χ3v) is 2.88. The van der Waals surface area contributed by atoms with Gasteiger partial charge in [0, 0.05) is 10.6 Å². The second-order valence-corrected chi connectivity index (χ2v) is 4.51. The Morgan fingerprint density at radius 1 is 1.40 bits per heavy atom. The number of carbonyl (C=O) groups excluding carboxylic acids is 1. The van der Waals surface area contributed by atoms with Crippen molar-refractivity contribution >= 4 is 17.7 Å². The van der Waals surface area contributed by atoms with Gasteiger partial charge in [0.05, 0.1) is 5.56 Å². The molecule has 0 spiro atoms. The molecule has 1 rings (SSSR count). The lowest BCUT2D eigenvalue weighted by molar-refractivity contribution is 0.0997. The second kappa shape index (κ2) is 5.61. The standard InChI is InChI=1S/C12H15NOS/c1-9(2)7-8-15-11-6-4-3-5-10(11)12(13)14/h3-7H,8H2,1-2H3,(H2,13,14). The fourth-order valence-corrected chi connectivity index (χ4v) is 2.19. The Morgan fingerprint density at radius 3 is 2.67 bits per heavy atom. The molecule has 1 aromatic carbocycles. The van der Waals surface area contributed by atoms with Crippen LogP contribution in [-0.2, 0) is 0 Å². The Balaban J connectivity index is 2.76. The van der Waals surface area contributed by atoms with Gasteiger partial charge in [0.25, 0.3) is 0 Å². The first-order valence-electron chi connectivity index (χ1n) is 4.76. The van der Waals surface area contributed by atoms with Gasteiger partial charge in [-0.2, -0.15) is 0 Å². The number of hydrogen-bond acceptors (Lipinski definition) is 2. The van der Waals surface area contributed by atoms with Crippen molar-refractivity contribution in [3.05, 3.63) is 41.5 Å². The van der Waals surface area contributed by atoms with E-state index >= 15 is 0 Å². The molecular formula is C12H15NOS. The molecule has 0 aliphatic rings. The number of rotatable bonds is 4. The molecule has 0 aliphatic carbocycles. The molecule has 0 heterocycles. The Bertz CT molecular complexity index is 381. The number of hydrogen-bond donors (Lipinski definition) is 1. The van der Waals surface area contributed by atoms with E-state index in [0.29, 0.717) is 5.56 Å². The summed E-state index contributed by atoms with van der Waals surface area (Å²) in [6.07, 6.45) is 2.13. The van der Waals surface area contributed by atoms with Gasteiger partial charge >= 0.3 is 0 Å². The maximum Gasteiger partial charge on any atom is 0.249 e. The molecule has 15 heavy (non-hydrogen) atoms. The normalized spacial score (nSPS) is 9.73. The van der Waals surface area contributed by atoms with Crippen LogP contribution >= 0.6 is 11.8 Å². The number of amides is 1. The van der Waals surface area contributed by atoms with Gasteiger partial charge in [-0.3, -0.25) is 4.79 Å². The average Bonchev–Trinajstić information content (AvgIpc) is 2.17. The Hall–Kier alpha value is -1.22. The van der Waals surface area contributed by atoms with Gasteiger partial charge in [-0.15, -0.1) is 11.8 Å². The van der Waals surface area contributed by atoms with Crippen molar-refractivity contribution in [2.24, 2.45) is 5.73 Å². The fraction of sp³-hybridized carbons (Fsp3) is 0.250. The first-order chi connectivity index (χ1) is 7.11. The first kappa shape index (κ1) is 11.9. The van der Waals surface area contributed by atoms with Crippen LogP contribution < -0.4 is 5.73 Å². The summed E-state index contributed by atoms with van der Waals surface area (Å²) in [5, 5.41) is 0. The number of allylic oxidation sites excluding steroid dienone is 1. The summed E-state index contributed by atoms with van der Waals surface area (Å²) in [6, 6.07) is 7.42. The molecule has 80 valence electrons. The van der Waals surface area contributed by atoms with Crippen molar-refractivity contribution in [2.45, 2.75) is 18.7 Å². The van der Waals surface area contributed by atoms with Gasteiger partial charge < -0.3 is 5.73 Å². The van der Waals surface area contributed by atoms with Crippen LogP contribution in [0.2, 0.25) is 0 Å². The minimum Gasteiger partial charge on any atom is -0.366 e. The maximum absolute atomic E-state index is 11.1. The summed E-state index contributed by atoms with van der Waals surface area (Å²) in [5.41, 5.74) is 7.16. The van der Waals surface area contributed by atoms with Crippen LogP contribution in [-0.4, -0.2) is 11.7 Å². The fourth-order valence-electron chi connectivity index (χ4n) is 1.09. The van der Waals surface area contributed by atoms with E-state index < -0.39 is 0 Å². The van der Waals surface area contributed by atoms with Gasteiger partial charge in [0.15, 0.2) is 0 Å². The Kier molecular flexibility index (Phi) is 4.43. The quantitative estimate of drug-likeness (QED) is 0.627. The van der Waals surface area contributed by atoms with Gasteiger partial charge in [-0.25, -0.2) is 0 Å². The van der Waals surface area contributed by atoms with E-state index in [0.717, 1.165) is 10.6 Å². The highest BCUT2D eigenvalue weighted by Crippen LogP contribution is 2.22. The van der Waals surface area contributed by atoms with Crippen LogP contribution in [0.3, 0.4) is 0 Å². The van der Waals surface area contributed by atoms with Crippen LogP contribution in [0.5, 0.6) is 0 Å². The molecule has 0 atom stereocenters. The molecular weight excluding hydrogens is 206 g/mol. The van der Waals surface area contributed by atoms with E-state index in [1.165, 1.54) is 5.57 Å². The molecule has 0 saturated heterocycles. The lowest BCUT2D eigenvalue weighted by Gasteiger charge is -2.04. The zero-order valence-electron chi connectivity index (χ0n) is 8.99. The van der Waals surface area contributed by atoms with Crippen LogP contribution in [0.15, 0.2) is 40.8 Å². The van der Waals surface area contributed by atoms with Crippen LogP contribution in [0, 0.1) is 0 Å². The molecule has 0 fully saturated rings. The van der Waals surface area contributed by atoms with Crippen molar-refractivity contribution < 1.29 is 4.79 Å². The molecule has 0 radical (unpaired) electrons. The van der Waals surface area contributed by atoms with Crippen LogP contribution in [0.25, 0.3) is 0 Å². The summed E-state index contributed by atoms with van der Waals surface area (Å²) in [4.78, 5) is 12.1. The van der Waals surface area contributed by atoms with E-state index in [2.05, 4.69) is 19.9 Å². The van der Waals surface area contributed by atoms with Crippen molar-refractivity contribution in [3.8, 4) is 0 Å². The molecule has 0 bridgehead atoms. The monoisotopic (exact) mass is 221 g/mol. The van der Waals surface area contributed by atoms with E-state index in [1.54, 1.807) is 17.8 Å². The molecule has 0 saturated carbocycles. The predicted octanol–water partition coefficient (Wildman–Crippen LogP) is 2.84. The minimum atomic E-state index is -0.365. The number of carbonyl (C=O) groups is 1. The molecule has 1 aromatic rings. The van der Waals surface area contributed by atoms with Crippen molar-refractivity contribution in [3.63, 3.8) is 0 Å². The van der Waals surface area contributed by atoms with Gasteiger partial charge in [-0.05, 0) is 26.0 Å². The number of primary amides is 1. The molecule has 0 unspecified atom stereocenters. The molecule has 0 aromatic heterocycles. The molecule has 0 aliphatic heterocycles. The smallest absolute Gasteiger partial charge is 0.249 e. The summed E-state index contributed by atoms with van der Waals surface area (Å²) in [6.45, 7) is 4.11. The molecule has 1 amide bonds. The van der Waals surface area contributed by atoms with Crippen LogP contribution in [0.1, 0.15) is 24.2 Å². The SMILES string of the molecule is CC(C)=CCSc1ccccc1C(N)=O. The van der Waals surface area contributed by atoms with Gasteiger partial charge in [-0.1, -0.05) is 23.8 Å². The van der Waals surface area contributed by atoms with Crippen molar-refractivity contribution in [1.82, 2.24) is 0 Å². The minimum absolute atomic E-state index is 0.365. The van der Waals surface area contributed by atoms with E-state index in [1.807, 2.05) is 18.2 Å². The molecule has 2 N–H and O–H groups in total. The van der Waals surface area contributed by atoms with Gasteiger partial charge in [0.1, 0.15) is 0 Å². The van der Waals surface area contributed by atoms with E-state index in [4.69, 9.17) is 5.73 Å². The third kappa shape index (κ3) is 3.80. The first-order valence-corrected chi connectivity index (χ1v) is 5.75. The lowest BCUT2D eigenvalue weighted by atomic mass is 10.2. The summed E-state index contributed by atoms with van der Waals surface area (Å²) in [5.74, 6) is 0.502. The second-order valence-electron chi connectivity index (χ2n) is 3.45. The molecule has 3 heteroatoms. The largest absolute Gasteiger partial charge is 0.366 e. The number of nitrogens with two attached hydrogens (primary N) is 1. The highest BCUT2D eigenvalue weighted by atomic mass is 32.2. The van der Waals surface area contributed by atoms with Crippen LogP contribution in [0.4, 0.5) is 0 Å². The topological polar surface area (TPSA) is 43.1 Å². The van der Waals surface area contributed by atoms with Gasteiger partial charge in [0.2, 0.25) is 5.91 Å². The summed E-state index contributed by atoms with van der Waals surface area (Å²) >= 11 is 1.63. The summed E-state index contributed by atoms with van der Waals surface area (Å²) in [7, 11) is 0. The molecule has 2 nitrogen and oxygen atoms in total. The van der Waals surface area contributed by atoms with Crippen molar-refractivity contribution in [2.75, 3.05) is 5.75 Å². The Labute approximate surface area is 94.6 Å². The highest BCUT2D eigenvalue weighted by molar-refractivity contribution is 7.99.